The quantitative estimate of drug-likeness (QED) is 0.596. The van der Waals surface area contributed by atoms with Gasteiger partial charge in [0.05, 0.1) is 13.2 Å². The van der Waals surface area contributed by atoms with Gasteiger partial charge in [0.15, 0.2) is 17.7 Å². The molecule has 38 heavy (non-hydrogen) atoms. The SMILES string of the molecule is COC(=O)CO[C@H]1C[C@H]2Cc3c([nH]c4ccccc34)[C@]2(C)C2(C)CC[C@@]34OC(C(=O)C=C3[C@]12O)C(C)(C)O4. The molecule has 2 N–H and O–H groups in total. The summed E-state index contributed by atoms with van der Waals surface area (Å²) in [7, 11) is 1.32. The predicted molar refractivity (Wildman–Crippen MR) is 137 cm³/mol. The van der Waals surface area contributed by atoms with Gasteiger partial charge in [0, 0.05) is 39.4 Å². The molecule has 3 heterocycles. The normalized spacial score (nSPS) is 42.2. The lowest BCUT2D eigenvalue weighted by atomic mass is 9.41. The number of esters is 1. The molecule has 202 valence electrons. The number of carbonyl (C=O) groups is 2. The van der Waals surface area contributed by atoms with E-state index in [-0.39, 0.29) is 18.3 Å². The van der Waals surface area contributed by atoms with Gasteiger partial charge in [-0.1, -0.05) is 32.0 Å². The van der Waals surface area contributed by atoms with Crippen molar-refractivity contribution >= 4 is 22.7 Å². The number of rotatable bonds is 3. The van der Waals surface area contributed by atoms with E-state index in [9.17, 15) is 14.7 Å². The first kappa shape index (κ1) is 24.5. The van der Waals surface area contributed by atoms with E-state index in [0.29, 0.717) is 24.8 Å². The molecule has 2 bridgehead atoms. The molecule has 0 radical (unpaired) electrons. The minimum Gasteiger partial charge on any atom is -0.467 e. The molecule has 8 nitrogen and oxygen atoms in total. The van der Waals surface area contributed by atoms with Gasteiger partial charge in [-0.25, -0.2) is 4.79 Å². The minimum absolute atomic E-state index is 0.157. The van der Waals surface area contributed by atoms with Crippen LogP contribution in [-0.2, 0) is 40.4 Å². The maximum Gasteiger partial charge on any atom is 0.331 e. The van der Waals surface area contributed by atoms with Crippen molar-refractivity contribution < 1.29 is 33.6 Å². The Labute approximate surface area is 221 Å². The summed E-state index contributed by atoms with van der Waals surface area (Å²) < 4.78 is 24.0. The van der Waals surface area contributed by atoms with E-state index in [1.807, 2.05) is 19.9 Å². The number of para-hydroxylation sites is 1. The van der Waals surface area contributed by atoms with Crippen LogP contribution in [0.1, 0.15) is 58.2 Å². The molecule has 3 aliphatic carbocycles. The predicted octanol–water partition coefficient (Wildman–Crippen LogP) is 3.49. The van der Waals surface area contributed by atoms with E-state index in [0.717, 1.165) is 17.6 Å². The zero-order valence-corrected chi connectivity index (χ0v) is 22.6. The second-order valence-electron chi connectivity index (χ2n) is 12.8. The van der Waals surface area contributed by atoms with Crippen molar-refractivity contribution in [3.8, 4) is 0 Å². The third-order valence-electron chi connectivity index (χ3n) is 10.9. The van der Waals surface area contributed by atoms with Gasteiger partial charge < -0.3 is 29.0 Å². The summed E-state index contributed by atoms with van der Waals surface area (Å²) in [4.78, 5) is 29.3. The van der Waals surface area contributed by atoms with E-state index in [1.54, 1.807) is 6.08 Å². The summed E-state index contributed by atoms with van der Waals surface area (Å²) in [6.07, 6.45) is 2.50. The number of carbonyl (C=O) groups excluding carboxylic acids is 2. The van der Waals surface area contributed by atoms with Crippen LogP contribution in [0.25, 0.3) is 10.9 Å². The number of nitrogens with one attached hydrogen (secondary N) is 1. The molecule has 1 saturated heterocycles. The van der Waals surface area contributed by atoms with Crippen LogP contribution in [0.5, 0.6) is 0 Å². The number of ether oxygens (including phenoxy) is 4. The first-order chi connectivity index (χ1) is 17.9. The second kappa shape index (κ2) is 7.36. The fourth-order valence-electron chi connectivity index (χ4n) is 8.81. The van der Waals surface area contributed by atoms with Gasteiger partial charge in [0.2, 0.25) is 0 Å². The Morgan fingerprint density at radius 3 is 2.71 bits per heavy atom. The van der Waals surface area contributed by atoms with E-state index in [4.69, 9.17) is 18.9 Å². The highest BCUT2D eigenvalue weighted by molar-refractivity contribution is 5.97. The Kier molecular flexibility index (Phi) is 4.75. The molecule has 7 rings (SSSR count). The van der Waals surface area contributed by atoms with Crippen molar-refractivity contribution in [1.82, 2.24) is 4.98 Å². The lowest BCUT2D eigenvalue weighted by Gasteiger charge is -2.67. The summed E-state index contributed by atoms with van der Waals surface area (Å²) in [5.41, 5.74) is 0.224. The number of benzene rings is 1. The average Bonchev–Trinajstić information content (AvgIpc) is 3.47. The van der Waals surface area contributed by atoms with Crippen LogP contribution < -0.4 is 0 Å². The molecule has 2 aromatic rings. The lowest BCUT2D eigenvalue weighted by Crippen LogP contribution is -2.74. The molecule has 1 aromatic heterocycles. The highest BCUT2D eigenvalue weighted by Gasteiger charge is 2.78. The third-order valence-corrected chi connectivity index (χ3v) is 10.9. The first-order valence-electron chi connectivity index (χ1n) is 13.6. The number of aromatic nitrogens is 1. The smallest absolute Gasteiger partial charge is 0.331 e. The van der Waals surface area contributed by atoms with Crippen molar-refractivity contribution in [1.29, 1.82) is 0 Å². The Bertz CT molecular complexity index is 1420. The van der Waals surface area contributed by atoms with E-state index in [1.165, 1.54) is 18.1 Å². The van der Waals surface area contributed by atoms with Gasteiger partial charge in [0.1, 0.15) is 17.8 Å². The summed E-state index contributed by atoms with van der Waals surface area (Å²) in [5.74, 6) is -1.79. The van der Waals surface area contributed by atoms with Crippen LogP contribution >= 0.6 is 0 Å². The van der Waals surface area contributed by atoms with Crippen molar-refractivity contribution in [3.63, 3.8) is 0 Å². The summed E-state index contributed by atoms with van der Waals surface area (Å²) >= 11 is 0. The van der Waals surface area contributed by atoms with E-state index >= 15 is 0 Å². The molecule has 5 aliphatic rings. The number of hydrogen-bond donors (Lipinski definition) is 2. The maximum absolute atomic E-state index is 13.4. The highest BCUT2D eigenvalue weighted by Crippen LogP contribution is 2.72. The summed E-state index contributed by atoms with van der Waals surface area (Å²) in [6, 6.07) is 8.31. The number of aliphatic hydroxyl groups is 1. The molecule has 3 fully saturated rings. The molecule has 0 amide bonds. The van der Waals surface area contributed by atoms with Crippen LogP contribution in [0.3, 0.4) is 0 Å². The Hall–Kier alpha value is -2.52. The number of fused-ring (bicyclic) bond motifs is 9. The number of methoxy groups -OCH3 is 1. The number of hydrogen-bond acceptors (Lipinski definition) is 7. The Morgan fingerprint density at radius 2 is 1.95 bits per heavy atom. The number of H-pyrrole nitrogens is 1. The van der Waals surface area contributed by atoms with Crippen LogP contribution in [0, 0.1) is 11.3 Å². The molecule has 1 spiro atoms. The van der Waals surface area contributed by atoms with Crippen LogP contribution in [-0.4, -0.2) is 64.8 Å². The highest BCUT2D eigenvalue weighted by atomic mass is 16.8. The summed E-state index contributed by atoms with van der Waals surface area (Å²) in [6.45, 7) is 7.78. The Balaban J connectivity index is 1.43. The third kappa shape index (κ3) is 2.65. The average molecular weight is 522 g/mol. The minimum atomic E-state index is -1.63. The first-order valence-corrected chi connectivity index (χ1v) is 13.6. The molecule has 2 unspecified atom stereocenters. The topological polar surface area (TPSA) is 107 Å². The van der Waals surface area contributed by atoms with Gasteiger partial charge in [-0.3, -0.25) is 4.79 Å². The molecular weight excluding hydrogens is 486 g/mol. The molecule has 2 aliphatic heterocycles. The standard InChI is InChI=1S/C30H35NO7/c1-26(2)25-20(32)14-21-29(37-25,38-26)11-10-27(3)28(4)16(13-22(30(21,27)34)36-15-23(33)35-5)12-18-17-8-6-7-9-19(17)31-24(18)28/h6-9,14,16,22,25,31,34H,10-13,15H2,1-5H3/t16-,22+,25?,27?,28-,29+,30+/m1/s1. The van der Waals surface area contributed by atoms with Gasteiger partial charge in [0.25, 0.3) is 0 Å². The Morgan fingerprint density at radius 1 is 1.18 bits per heavy atom. The van der Waals surface area contributed by atoms with Crippen LogP contribution in [0.2, 0.25) is 0 Å². The fourth-order valence-corrected chi connectivity index (χ4v) is 8.81. The van der Waals surface area contributed by atoms with Crippen molar-refractivity contribution in [2.75, 3.05) is 13.7 Å². The number of aromatic amines is 1. The molecule has 7 atom stereocenters. The largest absolute Gasteiger partial charge is 0.467 e. The number of ketones is 1. The van der Waals surface area contributed by atoms with Crippen molar-refractivity contribution in [2.24, 2.45) is 11.3 Å². The van der Waals surface area contributed by atoms with E-state index < -0.39 is 46.0 Å². The zero-order valence-electron chi connectivity index (χ0n) is 22.6. The van der Waals surface area contributed by atoms with Crippen LogP contribution in [0.4, 0.5) is 0 Å². The molecular formula is C30H35NO7. The molecule has 8 heteroatoms. The van der Waals surface area contributed by atoms with Gasteiger partial charge in [-0.05, 0) is 56.7 Å². The second-order valence-corrected chi connectivity index (χ2v) is 12.8. The van der Waals surface area contributed by atoms with Gasteiger partial charge >= 0.3 is 5.97 Å². The maximum atomic E-state index is 13.4. The molecule has 2 saturated carbocycles. The van der Waals surface area contributed by atoms with Crippen LogP contribution in [0.15, 0.2) is 35.9 Å². The monoisotopic (exact) mass is 521 g/mol. The van der Waals surface area contributed by atoms with Gasteiger partial charge in [-0.15, -0.1) is 0 Å². The van der Waals surface area contributed by atoms with Gasteiger partial charge in [-0.2, -0.15) is 0 Å². The van der Waals surface area contributed by atoms with E-state index in [2.05, 4.69) is 37.0 Å². The lowest BCUT2D eigenvalue weighted by molar-refractivity contribution is -0.280. The van der Waals surface area contributed by atoms with Crippen molar-refractivity contribution in [3.05, 3.63) is 47.2 Å². The summed E-state index contributed by atoms with van der Waals surface area (Å²) in [5, 5.41) is 14.3. The fraction of sp³-hybridized carbons (Fsp3) is 0.600. The zero-order chi connectivity index (χ0) is 26.9. The van der Waals surface area contributed by atoms with Crippen molar-refractivity contribution in [2.45, 2.75) is 88.0 Å². The molecule has 1 aromatic carbocycles.